The van der Waals surface area contributed by atoms with Crippen molar-refractivity contribution < 1.29 is 9.59 Å². The van der Waals surface area contributed by atoms with Crippen LogP contribution in [0.3, 0.4) is 0 Å². The van der Waals surface area contributed by atoms with Gasteiger partial charge in [-0.25, -0.2) is 0 Å². The van der Waals surface area contributed by atoms with E-state index < -0.39 is 5.91 Å². The number of primary amides is 1. The van der Waals surface area contributed by atoms with Crippen molar-refractivity contribution in [2.75, 3.05) is 0 Å². The number of benzene rings is 1. The SMILES string of the molecule is CC(N)CC(=O)N(Cc1ccc(C(N)=O)cc1)C1CC1.Cl. The molecule has 1 saturated carbocycles. The van der Waals surface area contributed by atoms with E-state index in [2.05, 4.69) is 0 Å². The molecule has 1 aromatic rings. The predicted molar refractivity (Wildman–Crippen MR) is 84.0 cm³/mol. The molecule has 0 heterocycles. The molecule has 0 aliphatic heterocycles. The number of rotatable bonds is 6. The lowest BCUT2D eigenvalue weighted by molar-refractivity contribution is -0.132. The number of nitrogens with two attached hydrogens (primary N) is 2. The predicted octanol–water partition coefficient (Wildman–Crippen LogP) is 1.44. The van der Waals surface area contributed by atoms with E-state index in [1.807, 2.05) is 24.0 Å². The monoisotopic (exact) mass is 311 g/mol. The van der Waals surface area contributed by atoms with E-state index >= 15 is 0 Å². The third-order valence-electron chi connectivity index (χ3n) is 3.40. The van der Waals surface area contributed by atoms with Crippen LogP contribution in [0, 0.1) is 0 Å². The van der Waals surface area contributed by atoms with E-state index in [0.717, 1.165) is 18.4 Å². The fraction of sp³-hybridized carbons (Fsp3) is 0.467. The molecule has 21 heavy (non-hydrogen) atoms. The first-order valence-electron chi connectivity index (χ1n) is 6.91. The lowest BCUT2D eigenvalue weighted by Gasteiger charge is -2.23. The molecule has 0 saturated heterocycles. The molecule has 0 bridgehead atoms. The van der Waals surface area contributed by atoms with Gasteiger partial charge >= 0.3 is 0 Å². The summed E-state index contributed by atoms with van der Waals surface area (Å²) in [6, 6.07) is 7.29. The molecule has 2 rings (SSSR count). The number of carbonyl (C=O) groups excluding carboxylic acids is 2. The quantitative estimate of drug-likeness (QED) is 0.833. The number of nitrogens with zero attached hydrogens (tertiary/aromatic N) is 1. The van der Waals surface area contributed by atoms with E-state index in [1.165, 1.54) is 0 Å². The van der Waals surface area contributed by atoms with Gasteiger partial charge in [-0.05, 0) is 37.5 Å². The molecule has 1 fully saturated rings. The zero-order chi connectivity index (χ0) is 14.7. The Morgan fingerprint density at radius 3 is 2.29 bits per heavy atom. The van der Waals surface area contributed by atoms with Crippen LogP contribution in [0.1, 0.15) is 42.1 Å². The third kappa shape index (κ3) is 5.02. The average Bonchev–Trinajstić information content (AvgIpc) is 3.19. The number of hydrogen-bond acceptors (Lipinski definition) is 3. The highest BCUT2D eigenvalue weighted by Crippen LogP contribution is 2.29. The number of hydrogen-bond donors (Lipinski definition) is 2. The van der Waals surface area contributed by atoms with Crippen LogP contribution in [0.2, 0.25) is 0 Å². The molecule has 0 radical (unpaired) electrons. The molecule has 1 aliphatic rings. The van der Waals surface area contributed by atoms with Gasteiger partial charge < -0.3 is 16.4 Å². The Balaban J connectivity index is 0.00000220. The van der Waals surface area contributed by atoms with Crippen molar-refractivity contribution in [2.24, 2.45) is 11.5 Å². The number of amides is 2. The van der Waals surface area contributed by atoms with Gasteiger partial charge in [0.25, 0.3) is 0 Å². The lowest BCUT2D eigenvalue weighted by atomic mass is 10.1. The van der Waals surface area contributed by atoms with Gasteiger partial charge in [0.2, 0.25) is 11.8 Å². The smallest absolute Gasteiger partial charge is 0.248 e. The molecule has 0 spiro atoms. The Morgan fingerprint density at radius 1 is 1.29 bits per heavy atom. The Labute approximate surface area is 131 Å². The van der Waals surface area contributed by atoms with Crippen molar-refractivity contribution in [2.45, 2.75) is 44.8 Å². The molecular formula is C15H22ClN3O2. The molecule has 1 aromatic carbocycles. The summed E-state index contributed by atoms with van der Waals surface area (Å²) in [5, 5.41) is 0. The molecule has 5 nitrogen and oxygen atoms in total. The molecule has 1 aliphatic carbocycles. The summed E-state index contributed by atoms with van der Waals surface area (Å²) in [6.45, 7) is 2.40. The third-order valence-corrected chi connectivity index (χ3v) is 3.40. The lowest BCUT2D eigenvalue weighted by Crippen LogP contribution is -2.36. The Hall–Kier alpha value is -1.59. The maximum atomic E-state index is 12.2. The van der Waals surface area contributed by atoms with Crippen LogP contribution in [0.25, 0.3) is 0 Å². The second-order valence-corrected chi connectivity index (χ2v) is 5.50. The van der Waals surface area contributed by atoms with Gasteiger partial charge in [-0.1, -0.05) is 12.1 Å². The largest absolute Gasteiger partial charge is 0.366 e. The molecule has 4 N–H and O–H groups in total. The summed E-state index contributed by atoms with van der Waals surface area (Å²) in [5.41, 5.74) is 12.4. The first kappa shape index (κ1) is 17.5. The first-order chi connectivity index (χ1) is 9.47. The van der Waals surface area contributed by atoms with Crippen LogP contribution in [-0.4, -0.2) is 28.8 Å². The van der Waals surface area contributed by atoms with Crippen molar-refractivity contribution in [3.63, 3.8) is 0 Å². The van der Waals surface area contributed by atoms with Crippen molar-refractivity contribution >= 4 is 24.2 Å². The molecule has 0 aromatic heterocycles. The van der Waals surface area contributed by atoms with Crippen LogP contribution < -0.4 is 11.5 Å². The highest BCUT2D eigenvalue weighted by molar-refractivity contribution is 5.92. The van der Waals surface area contributed by atoms with Crippen molar-refractivity contribution in [3.05, 3.63) is 35.4 Å². The Kier molecular flexibility index (Phi) is 6.18. The van der Waals surface area contributed by atoms with E-state index in [-0.39, 0.29) is 24.4 Å². The van der Waals surface area contributed by atoms with E-state index in [9.17, 15) is 9.59 Å². The van der Waals surface area contributed by atoms with E-state index in [0.29, 0.717) is 24.6 Å². The molecule has 116 valence electrons. The molecule has 1 atom stereocenters. The fourth-order valence-corrected chi connectivity index (χ4v) is 2.17. The summed E-state index contributed by atoms with van der Waals surface area (Å²) in [7, 11) is 0. The van der Waals surface area contributed by atoms with Crippen LogP contribution >= 0.6 is 12.4 Å². The van der Waals surface area contributed by atoms with Crippen LogP contribution in [0.5, 0.6) is 0 Å². The van der Waals surface area contributed by atoms with Crippen LogP contribution in [0.15, 0.2) is 24.3 Å². The topological polar surface area (TPSA) is 89.4 Å². The summed E-state index contributed by atoms with van der Waals surface area (Å²) < 4.78 is 0. The molecule has 1 unspecified atom stereocenters. The highest BCUT2D eigenvalue weighted by Gasteiger charge is 2.32. The first-order valence-corrected chi connectivity index (χ1v) is 6.91. The minimum atomic E-state index is -0.441. The maximum absolute atomic E-state index is 12.2. The molecule has 2 amide bonds. The number of carbonyl (C=O) groups is 2. The highest BCUT2D eigenvalue weighted by atomic mass is 35.5. The van der Waals surface area contributed by atoms with Gasteiger partial charge in [0, 0.05) is 30.6 Å². The molecular weight excluding hydrogens is 290 g/mol. The number of halogens is 1. The average molecular weight is 312 g/mol. The summed E-state index contributed by atoms with van der Waals surface area (Å²) in [6.07, 6.45) is 2.49. The summed E-state index contributed by atoms with van der Waals surface area (Å²) in [5.74, 6) is -0.342. The zero-order valence-electron chi connectivity index (χ0n) is 12.1. The van der Waals surface area contributed by atoms with E-state index in [4.69, 9.17) is 11.5 Å². The summed E-state index contributed by atoms with van der Waals surface area (Å²) >= 11 is 0. The van der Waals surface area contributed by atoms with Gasteiger partial charge in [0.1, 0.15) is 0 Å². The van der Waals surface area contributed by atoms with Gasteiger partial charge in [-0.15, -0.1) is 12.4 Å². The van der Waals surface area contributed by atoms with Crippen molar-refractivity contribution in [1.82, 2.24) is 4.90 Å². The Bertz CT molecular complexity index is 498. The van der Waals surface area contributed by atoms with Gasteiger partial charge in [0.15, 0.2) is 0 Å². The minimum Gasteiger partial charge on any atom is -0.366 e. The minimum absolute atomic E-state index is 0. The fourth-order valence-electron chi connectivity index (χ4n) is 2.17. The van der Waals surface area contributed by atoms with Gasteiger partial charge in [-0.2, -0.15) is 0 Å². The van der Waals surface area contributed by atoms with Gasteiger partial charge in [-0.3, -0.25) is 9.59 Å². The van der Waals surface area contributed by atoms with Crippen molar-refractivity contribution in [1.29, 1.82) is 0 Å². The standard InChI is InChI=1S/C15H21N3O2.ClH/c1-10(16)8-14(19)18(13-6-7-13)9-11-2-4-12(5-3-11)15(17)20;/h2-5,10,13H,6-9,16H2,1H3,(H2,17,20);1H. The van der Waals surface area contributed by atoms with Crippen molar-refractivity contribution in [3.8, 4) is 0 Å². The molecule has 6 heteroatoms. The second-order valence-electron chi connectivity index (χ2n) is 5.50. The maximum Gasteiger partial charge on any atom is 0.248 e. The Morgan fingerprint density at radius 2 is 1.86 bits per heavy atom. The van der Waals surface area contributed by atoms with Crippen LogP contribution in [0.4, 0.5) is 0 Å². The van der Waals surface area contributed by atoms with E-state index in [1.54, 1.807) is 12.1 Å². The second kappa shape index (κ2) is 7.43. The normalized spacial score (nSPS) is 15.0. The van der Waals surface area contributed by atoms with Crippen LogP contribution in [-0.2, 0) is 11.3 Å². The summed E-state index contributed by atoms with van der Waals surface area (Å²) in [4.78, 5) is 25.1. The van der Waals surface area contributed by atoms with Gasteiger partial charge in [0.05, 0.1) is 0 Å². The zero-order valence-corrected chi connectivity index (χ0v) is 12.9.